The molecule has 0 aliphatic heterocycles. The minimum Gasteiger partial charge on any atom is -0.364 e. The summed E-state index contributed by atoms with van der Waals surface area (Å²) in [6.45, 7) is -3.11. The second-order valence-electron chi connectivity index (χ2n) is 6.90. The Balaban J connectivity index is 1.86. The molecule has 1 aromatic carbocycles. The molecule has 0 radical (unpaired) electrons. The maximum absolute atomic E-state index is 13.6. The number of nitrogens with one attached hydrogen (secondary N) is 3. The molecule has 0 unspecified atom stereocenters. The summed E-state index contributed by atoms with van der Waals surface area (Å²) in [4.78, 5) is 27.4. The highest BCUT2D eigenvalue weighted by atomic mass is 32.2. The Morgan fingerprint density at radius 3 is 2.49 bits per heavy atom. The van der Waals surface area contributed by atoms with Crippen molar-refractivity contribution in [3.63, 3.8) is 0 Å². The first-order chi connectivity index (χ1) is 18.1. The van der Waals surface area contributed by atoms with Gasteiger partial charge in [-0.2, -0.15) is 18.2 Å². The summed E-state index contributed by atoms with van der Waals surface area (Å²) < 4.78 is 94.3. The molecule has 0 saturated carbocycles. The first-order valence-electron chi connectivity index (χ1n) is 11.7. The van der Waals surface area contributed by atoms with Gasteiger partial charge in [-0.15, -0.1) is 0 Å². The fraction of sp³-hybridized carbons (Fsp3) is 0.250. The predicted octanol–water partition coefficient (Wildman–Crippen LogP) is 2.40. The van der Waals surface area contributed by atoms with E-state index in [1.165, 1.54) is 36.7 Å². The molecular formula is C20H21F3N8O3S. The number of carbonyl (C=O) groups is 1. The van der Waals surface area contributed by atoms with Gasteiger partial charge < -0.3 is 16.0 Å². The normalized spacial score (nSPS) is 13.6. The smallest absolute Gasteiger partial charge is 0.364 e. The molecule has 0 aliphatic rings. The predicted molar refractivity (Wildman–Crippen MR) is 123 cm³/mol. The Bertz CT molecular complexity index is 1440. The van der Waals surface area contributed by atoms with E-state index in [1.54, 1.807) is 0 Å². The summed E-state index contributed by atoms with van der Waals surface area (Å²) in [5, 5.41) is 6.99. The van der Waals surface area contributed by atoms with Crippen LogP contribution in [0.4, 0.5) is 36.4 Å². The Kier molecular flexibility index (Phi) is 5.87. The Labute approximate surface area is 204 Å². The van der Waals surface area contributed by atoms with Gasteiger partial charge in [-0.25, -0.2) is 18.4 Å². The van der Waals surface area contributed by atoms with E-state index in [9.17, 15) is 26.4 Å². The van der Waals surface area contributed by atoms with Gasteiger partial charge in [0.1, 0.15) is 17.1 Å². The number of anilines is 4. The van der Waals surface area contributed by atoms with E-state index in [1.807, 2.05) is 5.32 Å². The fourth-order valence-electron chi connectivity index (χ4n) is 2.71. The lowest BCUT2D eigenvalue weighted by atomic mass is 10.2. The van der Waals surface area contributed by atoms with Gasteiger partial charge in [0.2, 0.25) is 16.0 Å². The van der Waals surface area contributed by atoms with E-state index in [2.05, 4.69) is 30.6 Å². The van der Waals surface area contributed by atoms with Gasteiger partial charge in [0.05, 0.1) is 12.8 Å². The third-order valence-electron chi connectivity index (χ3n) is 4.42. The van der Waals surface area contributed by atoms with Crippen LogP contribution in [0.2, 0.25) is 0 Å². The van der Waals surface area contributed by atoms with Gasteiger partial charge in [0.25, 0.3) is 5.91 Å². The number of sulfonamides is 1. The van der Waals surface area contributed by atoms with Crippen LogP contribution in [0.3, 0.4) is 0 Å². The lowest BCUT2D eigenvalue weighted by Crippen LogP contribution is -2.27. The quantitative estimate of drug-likeness (QED) is 0.413. The van der Waals surface area contributed by atoms with Crippen LogP contribution in [0.15, 0.2) is 42.9 Å². The molecule has 3 aromatic rings. The number of hydrogen-bond acceptors (Lipinski definition) is 9. The SMILES string of the molecule is [2H]CN(c1nccnc1CNc1nc(Nc2ccc(C(=O)NC([2H])([2H])[2H])cc2)ncc1C(F)(F)F)S(C)(=O)=O. The van der Waals surface area contributed by atoms with Crippen molar-refractivity contribution in [2.24, 2.45) is 0 Å². The number of alkyl halides is 3. The molecule has 0 atom stereocenters. The summed E-state index contributed by atoms with van der Waals surface area (Å²) in [6.07, 6.45) is -1.06. The number of aromatic nitrogens is 4. The first-order valence-corrected chi connectivity index (χ1v) is 11.4. The van der Waals surface area contributed by atoms with Crippen LogP contribution in [-0.4, -0.2) is 54.5 Å². The molecule has 0 spiro atoms. The summed E-state index contributed by atoms with van der Waals surface area (Å²) in [5.74, 6) is -1.98. The second-order valence-corrected chi connectivity index (χ2v) is 8.81. The van der Waals surface area contributed by atoms with Crippen LogP contribution < -0.4 is 20.3 Å². The first kappa shape index (κ1) is 20.4. The van der Waals surface area contributed by atoms with Crippen molar-refractivity contribution in [2.75, 3.05) is 35.2 Å². The number of carbonyl (C=O) groups excluding carboxylic acids is 1. The average Bonchev–Trinajstić information content (AvgIpc) is 2.82. The monoisotopic (exact) mass is 514 g/mol. The molecule has 15 heteroatoms. The van der Waals surface area contributed by atoms with Crippen molar-refractivity contribution in [3.8, 4) is 0 Å². The van der Waals surface area contributed by atoms with Gasteiger partial charge in [-0.3, -0.25) is 14.1 Å². The molecular weight excluding hydrogens is 489 g/mol. The summed E-state index contributed by atoms with van der Waals surface area (Å²) in [5.41, 5.74) is -0.956. The van der Waals surface area contributed by atoms with Crippen LogP contribution in [0, 0.1) is 0 Å². The molecule has 1 amide bonds. The van der Waals surface area contributed by atoms with Crippen LogP contribution in [-0.2, 0) is 22.7 Å². The van der Waals surface area contributed by atoms with Crippen molar-refractivity contribution < 1.29 is 31.9 Å². The molecule has 3 rings (SSSR count). The third kappa shape index (κ3) is 6.32. The molecule has 35 heavy (non-hydrogen) atoms. The molecule has 11 nitrogen and oxygen atoms in total. The number of rotatable bonds is 8. The minimum absolute atomic E-state index is 0.0305. The Morgan fingerprint density at radius 2 is 1.86 bits per heavy atom. The van der Waals surface area contributed by atoms with Crippen molar-refractivity contribution >= 4 is 39.2 Å². The molecule has 0 fully saturated rings. The molecule has 0 saturated heterocycles. The lowest BCUT2D eigenvalue weighted by molar-refractivity contribution is -0.137. The highest BCUT2D eigenvalue weighted by Crippen LogP contribution is 2.34. The summed E-state index contributed by atoms with van der Waals surface area (Å²) in [6, 6.07) is 5.33. The Morgan fingerprint density at radius 1 is 1.14 bits per heavy atom. The molecule has 0 bridgehead atoms. The fourth-order valence-corrected chi connectivity index (χ4v) is 3.17. The van der Waals surface area contributed by atoms with Crippen LogP contribution >= 0.6 is 0 Å². The Hall–Kier alpha value is -4.01. The van der Waals surface area contributed by atoms with E-state index < -0.39 is 54.0 Å². The molecule has 186 valence electrons. The van der Waals surface area contributed by atoms with Crippen molar-refractivity contribution in [1.82, 2.24) is 25.3 Å². The topological polar surface area (TPSA) is 142 Å². The minimum atomic E-state index is -4.84. The van der Waals surface area contributed by atoms with E-state index in [-0.39, 0.29) is 28.7 Å². The largest absolute Gasteiger partial charge is 0.421 e. The zero-order valence-electron chi connectivity index (χ0n) is 22.0. The van der Waals surface area contributed by atoms with Crippen LogP contribution in [0.5, 0.6) is 0 Å². The van der Waals surface area contributed by atoms with Gasteiger partial charge in [0.15, 0.2) is 5.82 Å². The number of amides is 1. The van der Waals surface area contributed by atoms with E-state index in [0.29, 0.717) is 10.5 Å². The van der Waals surface area contributed by atoms with Crippen molar-refractivity contribution in [2.45, 2.75) is 12.7 Å². The van der Waals surface area contributed by atoms with E-state index in [0.717, 1.165) is 6.26 Å². The van der Waals surface area contributed by atoms with Gasteiger partial charge in [-0.05, 0) is 24.3 Å². The number of hydrogen-bond donors (Lipinski definition) is 3. The molecule has 2 heterocycles. The zero-order chi connectivity index (χ0) is 29.0. The van der Waals surface area contributed by atoms with Crippen LogP contribution in [0.25, 0.3) is 0 Å². The second kappa shape index (κ2) is 10.1. The standard InChI is InChI=1S/C20H21F3N8O3S/c1-24-18(32)12-4-6-13(7-5-12)29-19-28-10-14(20(21,22)23)16(30-19)27-11-15-17(26-9-8-25-15)31(2)35(3,33)34/h4-10H,11H2,1-3H3,(H,24,32)(H2,27,28,29,30)/i1D3,2D. The molecule has 3 N–H and O–H groups in total. The van der Waals surface area contributed by atoms with E-state index in [4.69, 9.17) is 5.48 Å². The van der Waals surface area contributed by atoms with E-state index >= 15 is 0 Å². The maximum atomic E-state index is 13.6. The molecule has 0 aliphatic carbocycles. The number of benzene rings is 1. The highest BCUT2D eigenvalue weighted by molar-refractivity contribution is 7.92. The third-order valence-corrected chi connectivity index (χ3v) is 5.40. The number of halogens is 3. The summed E-state index contributed by atoms with van der Waals surface area (Å²) in [7, 11) is -4.64. The summed E-state index contributed by atoms with van der Waals surface area (Å²) >= 11 is 0. The zero-order valence-corrected chi connectivity index (χ0v) is 18.8. The van der Waals surface area contributed by atoms with Crippen LogP contribution in [0.1, 0.15) is 27.1 Å². The van der Waals surface area contributed by atoms with Gasteiger partial charge in [-0.1, -0.05) is 0 Å². The van der Waals surface area contributed by atoms with Gasteiger partial charge >= 0.3 is 6.18 Å². The highest BCUT2D eigenvalue weighted by Gasteiger charge is 2.35. The van der Waals surface area contributed by atoms with Crippen molar-refractivity contribution in [1.29, 1.82) is 0 Å². The molecule has 2 aromatic heterocycles. The number of nitrogens with zero attached hydrogens (tertiary/aromatic N) is 5. The van der Waals surface area contributed by atoms with Crippen molar-refractivity contribution in [3.05, 3.63) is 59.7 Å². The lowest BCUT2D eigenvalue weighted by Gasteiger charge is -2.19. The maximum Gasteiger partial charge on any atom is 0.421 e. The van der Waals surface area contributed by atoms with Gasteiger partial charge in [0, 0.05) is 49.3 Å². The average molecular weight is 515 g/mol.